The molecular formula is C23H27N3O4S. The maximum Gasteiger partial charge on any atom is 0.244 e. The van der Waals surface area contributed by atoms with Gasteiger partial charge in [0, 0.05) is 25.2 Å². The average molecular weight is 442 g/mol. The van der Waals surface area contributed by atoms with Gasteiger partial charge in [-0.15, -0.1) is 0 Å². The average Bonchev–Trinajstić information content (AvgIpc) is 2.79. The molecule has 2 aromatic rings. The second kappa shape index (κ2) is 10.4. The van der Waals surface area contributed by atoms with Gasteiger partial charge in [0.1, 0.15) is 6.04 Å². The van der Waals surface area contributed by atoms with E-state index in [1.807, 2.05) is 30.3 Å². The highest BCUT2D eigenvalue weighted by Gasteiger charge is 2.29. The zero-order valence-corrected chi connectivity index (χ0v) is 18.2. The van der Waals surface area contributed by atoms with Gasteiger partial charge in [-0.2, -0.15) is 0 Å². The van der Waals surface area contributed by atoms with E-state index in [1.165, 1.54) is 6.08 Å². The van der Waals surface area contributed by atoms with Crippen LogP contribution in [-0.4, -0.2) is 50.3 Å². The molecular weight excluding hydrogens is 414 g/mol. The summed E-state index contributed by atoms with van der Waals surface area (Å²) in [5.41, 5.74) is 0.900. The summed E-state index contributed by atoms with van der Waals surface area (Å²) < 4.78 is 27.6. The molecule has 2 N–H and O–H groups in total. The number of likely N-dealkylation sites (tertiary alicyclic amines) is 1. The third kappa shape index (κ3) is 6.50. The Hall–Kier alpha value is -2.97. The number of sulfonamides is 1. The number of hydrogen-bond donors (Lipinski definition) is 2. The molecule has 31 heavy (non-hydrogen) atoms. The predicted octanol–water partition coefficient (Wildman–Crippen LogP) is 2.17. The Morgan fingerprint density at radius 2 is 1.58 bits per heavy atom. The van der Waals surface area contributed by atoms with E-state index in [0.29, 0.717) is 25.9 Å². The highest BCUT2D eigenvalue weighted by atomic mass is 32.2. The third-order valence-electron chi connectivity index (χ3n) is 5.14. The lowest BCUT2D eigenvalue weighted by atomic mass is 10.1. The van der Waals surface area contributed by atoms with Crippen LogP contribution in [0.4, 0.5) is 0 Å². The molecule has 0 saturated carbocycles. The zero-order chi connectivity index (χ0) is 22.3. The zero-order valence-electron chi connectivity index (χ0n) is 17.4. The van der Waals surface area contributed by atoms with Crippen molar-refractivity contribution in [3.05, 3.63) is 72.3 Å². The largest absolute Gasteiger partial charge is 0.341 e. The molecule has 7 nitrogen and oxygen atoms in total. The topological polar surface area (TPSA) is 95.6 Å². The summed E-state index contributed by atoms with van der Waals surface area (Å²) in [6.45, 7) is 2.52. The van der Waals surface area contributed by atoms with Gasteiger partial charge in [0.2, 0.25) is 21.8 Å². The summed E-state index contributed by atoms with van der Waals surface area (Å²) in [6.07, 6.45) is 4.14. The van der Waals surface area contributed by atoms with Crippen LogP contribution in [0.3, 0.4) is 0 Å². The van der Waals surface area contributed by atoms with Crippen LogP contribution in [-0.2, 0) is 19.6 Å². The van der Waals surface area contributed by atoms with Crippen molar-refractivity contribution in [2.24, 2.45) is 0 Å². The molecule has 2 aromatic carbocycles. The molecule has 8 heteroatoms. The summed E-state index contributed by atoms with van der Waals surface area (Å²) in [6, 6.07) is 16.8. The van der Waals surface area contributed by atoms with E-state index >= 15 is 0 Å². The van der Waals surface area contributed by atoms with Gasteiger partial charge in [-0.25, -0.2) is 13.1 Å². The quantitative estimate of drug-likeness (QED) is 0.644. The minimum atomic E-state index is -3.58. The van der Waals surface area contributed by atoms with Crippen molar-refractivity contribution in [3.8, 4) is 0 Å². The predicted molar refractivity (Wildman–Crippen MR) is 119 cm³/mol. The maximum absolute atomic E-state index is 12.7. The maximum atomic E-state index is 12.7. The van der Waals surface area contributed by atoms with Crippen LogP contribution >= 0.6 is 0 Å². The SMILES string of the molecule is CC(NC(=O)/C=C/c1ccccc1)C(=O)N1CCC(NS(=O)(=O)c2ccccc2)CC1. The van der Waals surface area contributed by atoms with Gasteiger partial charge >= 0.3 is 0 Å². The van der Waals surface area contributed by atoms with E-state index in [4.69, 9.17) is 0 Å². The molecule has 0 radical (unpaired) electrons. The van der Waals surface area contributed by atoms with Gasteiger partial charge < -0.3 is 10.2 Å². The van der Waals surface area contributed by atoms with Gasteiger partial charge in [0.25, 0.3) is 0 Å². The van der Waals surface area contributed by atoms with Crippen molar-refractivity contribution < 1.29 is 18.0 Å². The molecule has 2 amide bonds. The molecule has 0 spiro atoms. The number of piperidine rings is 1. The summed E-state index contributed by atoms with van der Waals surface area (Å²) in [4.78, 5) is 26.7. The summed E-state index contributed by atoms with van der Waals surface area (Å²) in [5, 5.41) is 2.69. The van der Waals surface area contributed by atoms with E-state index in [0.717, 1.165) is 5.56 Å². The highest BCUT2D eigenvalue weighted by Crippen LogP contribution is 2.15. The number of benzene rings is 2. The smallest absolute Gasteiger partial charge is 0.244 e. The van der Waals surface area contributed by atoms with Gasteiger partial charge in [0.05, 0.1) is 4.90 Å². The van der Waals surface area contributed by atoms with Crippen LogP contribution < -0.4 is 10.0 Å². The number of carbonyl (C=O) groups excluding carboxylic acids is 2. The second-order valence-corrected chi connectivity index (χ2v) is 9.22. The van der Waals surface area contributed by atoms with E-state index in [1.54, 1.807) is 48.2 Å². The van der Waals surface area contributed by atoms with Crippen molar-refractivity contribution in [2.45, 2.75) is 36.7 Å². The lowest BCUT2D eigenvalue weighted by Crippen LogP contribution is -2.52. The number of hydrogen-bond acceptors (Lipinski definition) is 4. The fourth-order valence-electron chi connectivity index (χ4n) is 3.44. The Kier molecular flexibility index (Phi) is 7.59. The van der Waals surface area contributed by atoms with Gasteiger partial charge in [0.15, 0.2) is 0 Å². The summed E-state index contributed by atoms with van der Waals surface area (Å²) in [5.74, 6) is -0.513. The van der Waals surface area contributed by atoms with Crippen LogP contribution in [0.15, 0.2) is 71.6 Å². The fourth-order valence-corrected chi connectivity index (χ4v) is 4.76. The Balaban J connectivity index is 1.47. The van der Waals surface area contributed by atoms with Crippen molar-refractivity contribution in [1.82, 2.24) is 14.9 Å². The Labute approximate surface area is 183 Å². The van der Waals surface area contributed by atoms with E-state index in [-0.39, 0.29) is 22.8 Å². The van der Waals surface area contributed by atoms with Gasteiger partial charge in [-0.05, 0) is 43.5 Å². The van der Waals surface area contributed by atoms with E-state index < -0.39 is 16.1 Å². The molecule has 164 valence electrons. The van der Waals surface area contributed by atoms with Crippen molar-refractivity contribution in [3.63, 3.8) is 0 Å². The van der Waals surface area contributed by atoms with E-state index in [2.05, 4.69) is 10.0 Å². The summed E-state index contributed by atoms with van der Waals surface area (Å²) in [7, 11) is -3.58. The highest BCUT2D eigenvalue weighted by molar-refractivity contribution is 7.89. The Bertz CT molecular complexity index is 1020. The lowest BCUT2D eigenvalue weighted by molar-refractivity contribution is -0.136. The first kappa shape index (κ1) is 22.7. The standard InChI is InChI=1S/C23H27N3O4S/c1-18(24-22(27)13-12-19-8-4-2-5-9-19)23(28)26-16-14-20(15-17-26)25-31(29,30)21-10-6-3-7-11-21/h2-13,18,20,25H,14-17H2,1H3,(H,24,27)/b13-12+. The fraction of sp³-hybridized carbons (Fsp3) is 0.304. The minimum absolute atomic E-state index is 0.175. The van der Waals surface area contributed by atoms with Crippen LogP contribution in [0, 0.1) is 0 Å². The number of rotatable bonds is 7. The van der Waals surface area contributed by atoms with Gasteiger partial charge in [-0.1, -0.05) is 48.5 Å². The minimum Gasteiger partial charge on any atom is -0.341 e. The molecule has 0 bridgehead atoms. The molecule has 1 aliphatic heterocycles. The normalized spacial score (nSPS) is 16.2. The van der Waals surface area contributed by atoms with Crippen LogP contribution in [0.2, 0.25) is 0 Å². The number of carbonyl (C=O) groups is 2. The molecule has 1 fully saturated rings. The molecule has 3 rings (SSSR count). The van der Waals surface area contributed by atoms with Crippen LogP contribution in [0.5, 0.6) is 0 Å². The molecule has 0 aliphatic carbocycles. The van der Waals surface area contributed by atoms with Gasteiger partial charge in [-0.3, -0.25) is 9.59 Å². The van der Waals surface area contributed by atoms with Crippen molar-refractivity contribution in [1.29, 1.82) is 0 Å². The second-order valence-electron chi connectivity index (χ2n) is 7.51. The molecule has 1 saturated heterocycles. The molecule has 1 heterocycles. The molecule has 1 unspecified atom stereocenters. The summed E-state index contributed by atoms with van der Waals surface area (Å²) >= 11 is 0. The Morgan fingerprint density at radius 3 is 2.19 bits per heavy atom. The number of amides is 2. The molecule has 1 aliphatic rings. The first-order chi connectivity index (χ1) is 14.8. The van der Waals surface area contributed by atoms with Crippen molar-refractivity contribution >= 4 is 27.9 Å². The first-order valence-corrected chi connectivity index (χ1v) is 11.7. The first-order valence-electron chi connectivity index (χ1n) is 10.2. The van der Waals surface area contributed by atoms with E-state index in [9.17, 15) is 18.0 Å². The molecule has 0 aromatic heterocycles. The van der Waals surface area contributed by atoms with Crippen LogP contribution in [0.1, 0.15) is 25.3 Å². The number of nitrogens with zero attached hydrogens (tertiary/aromatic N) is 1. The monoisotopic (exact) mass is 441 g/mol. The Morgan fingerprint density at radius 1 is 1.00 bits per heavy atom. The third-order valence-corrected chi connectivity index (χ3v) is 6.67. The van der Waals surface area contributed by atoms with Crippen LogP contribution in [0.25, 0.3) is 6.08 Å². The van der Waals surface area contributed by atoms with Crippen molar-refractivity contribution in [2.75, 3.05) is 13.1 Å². The lowest BCUT2D eigenvalue weighted by Gasteiger charge is -2.33. The number of nitrogens with one attached hydrogen (secondary N) is 2. The molecule has 1 atom stereocenters.